The van der Waals surface area contributed by atoms with Gasteiger partial charge in [0.1, 0.15) is 11.6 Å². The molecule has 0 saturated carbocycles. The van der Waals surface area contributed by atoms with E-state index in [-0.39, 0.29) is 18.1 Å². The molecular weight excluding hydrogens is 277 g/mol. The Morgan fingerprint density at radius 3 is 2.45 bits per heavy atom. The molecule has 0 spiro atoms. The molecule has 0 bridgehead atoms. The van der Waals surface area contributed by atoms with Crippen LogP contribution in [0.15, 0.2) is 6.07 Å². The molecule has 0 aromatic carbocycles. The van der Waals surface area contributed by atoms with Crippen molar-refractivity contribution in [2.24, 2.45) is 11.6 Å². The van der Waals surface area contributed by atoms with Crippen LogP contribution in [0.3, 0.4) is 0 Å². The molecule has 0 aliphatic rings. The molecule has 1 heterocycles. The minimum Gasteiger partial charge on any atom is -0.370 e. The highest BCUT2D eigenvalue weighted by Crippen LogP contribution is 2.28. The summed E-state index contributed by atoms with van der Waals surface area (Å²) in [5, 5.41) is 2.71. The molecule has 0 atom stereocenters. The summed E-state index contributed by atoms with van der Waals surface area (Å²) in [5.74, 6) is 3.21. The van der Waals surface area contributed by atoms with Gasteiger partial charge in [-0.2, -0.15) is 13.2 Å². The minimum absolute atomic E-state index is 0.000602. The zero-order valence-electron chi connectivity index (χ0n) is 10.5. The molecule has 6 N–H and O–H groups in total. The highest BCUT2D eigenvalue weighted by Gasteiger charge is 2.35. The van der Waals surface area contributed by atoms with Gasteiger partial charge in [-0.3, -0.25) is 4.79 Å². The molecule has 0 aliphatic heterocycles. The number of anilines is 2. The molecule has 0 unspecified atom stereocenters. The van der Waals surface area contributed by atoms with Gasteiger partial charge in [0.15, 0.2) is 0 Å². The van der Waals surface area contributed by atoms with E-state index in [1.807, 2.05) is 5.43 Å². The van der Waals surface area contributed by atoms with E-state index in [1.165, 1.54) is 6.07 Å². The van der Waals surface area contributed by atoms with Crippen LogP contribution in [0.2, 0.25) is 0 Å². The summed E-state index contributed by atoms with van der Waals surface area (Å²) < 4.78 is 37.6. The first-order chi connectivity index (χ1) is 9.32. The van der Waals surface area contributed by atoms with Crippen LogP contribution < -0.4 is 22.3 Å². The summed E-state index contributed by atoms with van der Waals surface area (Å²) in [6.45, 7) is 0.353. The fourth-order valence-corrected chi connectivity index (χ4v) is 1.38. The molecule has 1 amide bonds. The number of rotatable bonds is 7. The van der Waals surface area contributed by atoms with E-state index in [4.69, 9.17) is 11.6 Å². The number of hydrazine groups is 1. The number of nitrogen functional groups attached to an aromatic ring is 1. The largest absolute Gasteiger partial charge is 0.451 e. The number of primary amides is 1. The lowest BCUT2D eigenvalue weighted by Crippen LogP contribution is -2.17. The van der Waals surface area contributed by atoms with E-state index in [9.17, 15) is 18.0 Å². The number of carbonyl (C=O) groups is 1. The van der Waals surface area contributed by atoms with Gasteiger partial charge < -0.3 is 16.5 Å². The van der Waals surface area contributed by atoms with Crippen molar-refractivity contribution >= 4 is 17.5 Å². The van der Waals surface area contributed by atoms with Gasteiger partial charge >= 0.3 is 6.18 Å². The number of nitrogens with one attached hydrogen (secondary N) is 2. The summed E-state index contributed by atoms with van der Waals surface area (Å²) in [7, 11) is 0. The molecule has 20 heavy (non-hydrogen) atoms. The summed E-state index contributed by atoms with van der Waals surface area (Å²) in [5.41, 5.74) is 7.01. The molecule has 0 radical (unpaired) electrons. The molecule has 0 aliphatic carbocycles. The van der Waals surface area contributed by atoms with Crippen molar-refractivity contribution in [3.8, 4) is 0 Å². The van der Waals surface area contributed by atoms with E-state index < -0.39 is 17.9 Å². The zero-order valence-corrected chi connectivity index (χ0v) is 10.5. The second-order valence-electron chi connectivity index (χ2n) is 3.95. The van der Waals surface area contributed by atoms with E-state index in [0.717, 1.165) is 0 Å². The first-order valence-corrected chi connectivity index (χ1v) is 5.78. The molecule has 10 heteroatoms. The smallest absolute Gasteiger partial charge is 0.370 e. The molecule has 7 nitrogen and oxygen atoms in total. The molecule has 0 saturated heterocycles. The Labute approximate surface area is 112 Å². The number of hydrogen-bond acceptors (Lipinski definition) is 6. The predicted molar refractivity (Wildman–Crippen MR) is 66.4 cm³/mol. The first kappa shape index (κ1) is 16.0. The van der Waals surface area contributed by atoms with E-state index in [1.54, 1.807) is 0 Å². The van der Waals surface area contributed by atoms with Crippen molar-refractivity contribution in [2.75, 3.05) is 17.3 Å². The van der Waals surface area contributed by atoms with Crippen LogP contribution >= 0.6 is 0 Å². The van der Waals surface area contributed by atoms with Crippen molar-refractivity contribution < 1.29 is 18.0 Å². The van der Waals surface area contributed by atoms with Gasteiger partial charge in [-0.25, -0.2) is 15.8 Å². The number of halogens is 3. The van der Waals surface area contributed by atoms with Gasteiger partial charge in [0.05, 0.1) is 0 Å². The molecular formula is C10H15F3N6O. The van der Waals surface area contributed by atoms with Crippen molar-refractivity contribution in [1.82, 2.24) is 9.97 Å². The Morgan fingerprint density at radius 1 is 1.25 bits per heavy atom. The Morgan fingerprint density at radius 2 is 1.90 bits per heavy atom. The molecule has 0 fully saturated rings. The number of amides is 1. The lowest BCUT2D eigenvalue weighted by atomic mass is 10.2. The number of nitrogens with zero attached hydrogens (tertiary/aromatic N) is 2. The van der Waals surface area contributed by atoms with Crippen LogP contribution in [0.5, 0.6) is 0 Å². The van der Waals surface area contributed by atoms with Crippen LogP contribution in [-0.4, -0.2) is 22.4 Å². The Balaban J connectivity index is 2.63. The maximum atomic E-state index is 12.5. The number of alkyl halides is 3. The number of hydrogen-bond donors (Lipinski definition) is 4. The standard InChI is InChI=1S/C10H15F3N6O/c11-10(12,13)9-17-7(5-8(18-9)19-15)16-4-2-1-3-6(14)20/h5H,1-4,15H2,(H2,14,20)(H2,16,17,18,19). The van der Waals surface area contributed by atoms with Crippen LogP contribution in [0, 0.1) is 0 Å². The third-order valence-corrected chi connectivity index (χ3v) is 2.28. The van der Waals surface area contributed by atoms with Crippen LogP contribution in [0.25, 0.3) is 0 Å². The maximum absolute atomic E-state index is 12.5. The monoisotopic (exact) mass is 292 g/mol. The normalized spacial score (nSPS) is 11.2. The number of unbranched alkanes of at least 4 members (excludes halogenated alkanes) is 1. The lowest BCUT2D eigenvalue weighted by Gasteiger charge is -2.11. The summed E-state index contributed by atoms with van der Waals surface area (Å²) >= 11 is 0. The van der Waals surface area contributed by atoms with Crippen LogP contribution in [0.1, 0.15) is 25.1 Å². The lowest BCUT2D eigenvalue weighted by molar-refractivity contribution is -0.144. The van der Waals surface area contributed by atoms with E-state index >= 15 is 0 Å². The minimum atomic E-state index is -4.66. The Kier molecular flexibility index (Phi) is 5.50. The average molecular weight is 292 g/mol. The summed E-state index contributed by atoms with van der Waals surface area (Å²) in [6, 6.07) is 1.25. The van der Waals surface area contributed by atoms with E-state index in [0.29, 0.717) is 19.4 Å². The molecule has 112 valence electrons. The average Bonchev–Trinajstić information content (AvgIpc) is 2.36. The van der Waals surface area contributed by atoms with Gasteiger partial charge in [-0.15, -0.1) is 0 Å². The highest BCUT2D eigenvalue weighted by atomic mass is 19.4. The van der Waals surface area contributed by atoms with Crippen molar-refractivity contribution in [3.05, 3.63) is 11.9 Å². The van der Waals surface area contributed by atoms with Crippen molar-refractivity contribution in [1.29, 1.82) is 0 Å². The fourth-order valence-electron chi connectivity index (χ4n) is 1.38. The summed E-state index contributed by atoms with van der Waals surface area (Å²) in [6.07, 6.45) is -3.31. The fraction of sp³-hybridized carbons (Fsp3) is 0.500. The molecule has 1 aromatic rings. The molecule has 1 aromatic heterocycles. The third-order valence-electron chi connectivity index (χ3n) is 2.28. The zero-order chi connectivity index (χ0) is 15.2. The SMILES string of the molecule is NNc1cc(NCCCCC(N)=O)nc(C(F)(F)F)n1. The second-order valence-corrected chi connectivity index (χ2v) is 3.95. The van der Waals surface area contributed by atoms with Crippen LogP contribution in [-0.2, 0) is 11.0 Å². The first-order valence-electron chi connectivity index (χ1n) is 5.78. The highest BCUT2D eigenvalue weighted by molar-refractivity contribution is 5.73. The van der Waals surface area contributed by atoms with Gasteiger partial charge in [0.2, 0.25) is 11.7 Å². The second kappa shape index (κ2) is 6.89. The molecule has 1 rings (SSSR count). The number of aromatic nitrogens is 2. The van der Waals surface area contributed by atoms with Crippen molar-refractivity contribution in [3.63, 3.8) is 0 Å². The Bertz CT molecular complexity index is 465. The third kappa shape index (κ3) is 5.26. The number of carbonyl (C=O) groups excluding carboxylic acids is 1. The number of nitrogens with two attached hydrogens (primary N) is 2. The van der Waals surface area contributed by atoms with Crippen molar-refractivity contribution in [2.45, 2.75) is 25.4 Å². The van der Waals surface area contributed by atoms with Gasteiger partial charge in [-0.1, -0.05) is 0 Å². The van der Waals surface area contributed by atoms with E-state index in [2.05, 4.69) is 15.3 Å². The van der Waals surface area contributed by atoms with Gasteiger partial charge in [-0.05, 0) is 12.8 Å². The Hall–Kier alpha value is -2.10. The quantitative estimate of drug-likeness (QED) is 0.336. The maximum Gasteiger partial charge on any atom is 0.451 e. The van der Waals surface area contributed by atoms with Crippen LogP contribution in [0.4, 0.5) is 24.8 Å². The van der Waals surface area contributed by atoms with Gasteiger partial charge in [0, 0.05) is 19.0 Å². The summed E-state index contributed by atoms with van der Waals surface area (Å²) in [4.78, 5) is 17.1. The predicted octanol–water partition coefficient (Wildman–Crippen LogP) is 0.848. The topological polar surface area (TPSA) is 119 Å². The van der Waals surface area contributed by atoms with Gasteiger partial charge in [0.25, 0.3) is 0 Å².